The molecule has 0 aromatic heterocycles. The molecule has 4 rings (SSSR count). The minimum absolute atomic E-state index is 0.101. The molecule has 136 valence electrons. The first-order valence-corrected chi connectivity index (χ1v) is 10.0. The fourth-order valence-corrected chi connectivity index (χ4v) is 3.99. The van der Waals surface area contributed by atoms with Crippen LogP contribution in [-0.4, -0.2) is 5.04 Å². The Morgan fingerprint density at radius 3 is 2.44 bits per heavy atom. The summed E-state index contributed by atoms with van der Waals surface area (Å²) in [5.74, 6) is 0.803. The first kappa shape index (κ1) is 18.2. The van der Waals surface area contributed by atoms with Crippen LogP contribution in [0.4, 0.5) is 0 Å². The lowest BCUT2D eigenvalue weighted by molar-refractivity contribution is 0.306. The molecule has 0 spiro atoms. The van der Waals surface area contributed by atoms with Gasteiger partial charge in [0.1, 0.15) is 22.8 Å². The summed E-state index contributed by atoms with van der Waals surface area (Å²) < 4.78 is 5.84. The molecule has 3 nitrogen and oxygen atoms in total. The Balaban J connectivity index is 1.36. The number of ether oxygens (including phenoxy) is 1. The number of hydrogen-bond donors (Lipinski definition) is 1. The van der Waals surface area contributed by atoms with Crippen molar-refractivity contribution in [1.29, 1.82) is 0 Å². The monoisotopic (exact) mass is 414 g/mol. The predicted molar refractivity (Wildman–Crippen MR) is 114 cm³/mol. The molecule has 0 unspecified atom stereocenters. The SMILES string of the molecule is Clc1ccc(COc2ccc([C@H]3NN=C(c4ccccc4)S3)cc2)cc1Cl. The van der Waals surface area contributed by atoms with Gasteiger partial charge in [0.05, 0.1) is 10.0 Å². The number of rotatable bonds is 5. The van der Waals surface area contributed by atoms with Gasteiger partial charge in [0.2, 0.25) is 0 Å². The number of benzene rings is 3. The molecule has 0 saturated carbocycles. The van der Waals surface area contributed by atoms with E-state index in [1.54, 1.807) is 17.8 Å². The zero-order valence-corrected chi connectivity index (χ0v) is 16.6. The van der Waals surface area contributed by atoms with Gasteiger partial charge in [0.25, 0.3) is 0 Å². The highest BCUT2D eigenvalue weighted by Crippen LogP contribution is 2.34. The van der Waals surface area contributed by atoms with Crippen LogP contribution in [0.2, 0.25) is 10.0 Å². The van der Waals surface area contributed by atoms with Crippen molar-refractivity contribution in [2.75, 3.05) is 0 Å². The number of nitrogens with zero attached hydrogens (tertiary/aromatic N) is 1. The van der Waals surface area contributed by atoms with Gasteiger partial charge in [0, 0.05) is 5.56 Å². The van der Waals surface area contributed by atoms with Crippen molar-refractivity contribution in [1.82, 2.24) is 5.43 Å². The molecule has 27 heavy (non-hydrogen) atoms. The van der Waals surface area contributed by atoms with Gasteiger partial charge < -0.3 is 4.74 Å². The fourth-order valence-electron chi connectivity index (χ4n) is 2.67. The van der Waals surface area contributed by atoms with Gasteiger partial charge in [-0.05, 0) is 35.4 Å². The lowest BCUT2D eigenvalue weighted by Crippen LogP contribution is -2.06. The normalized spacial score (nSPS) is 15.9. The number of nitrogens with one attached hydrogen (secondary N) is 1. The third-order valence-corrected chi connectivity index (χ3v) is 6.01. The maximum atomic E-state index is 6.04. The summed E-state index contributed by atoms with van der Waals surface area (Å²) in [5, 5.41) is 6.63. The van der Waals surface area contributed by atoms with E-state index >= 15 is 0 Å². The van der Waals surface area contributed by atoms with E-state index in [1.807, 2.05) is 42.5 Å². The Kier molecular flexibility index (Phi) is 5.58. The molecular weight excluding hydrogens is 399 g/mol. The summed E-state index contributed by atoms with van der Waals surface area (Å²) in [6.07, 6.45) is 0. The smallest absolute Gasteiger partial charge is 0.126 e. The molecule has 1 atom stereocenters. The quantitative estimate of drug-likeness (QED) is 0.533. The van der Waals surface area contributed by atoms with Crippen molar-refractivity contribution in [3.05, 3.63) is 99.5 Å². The van der Waals surface area contributed by atoms with Crippen LogP contribution in [-0.2, 0) is 6.61 Å². The Morgan fingerprint density at radius 1 is 0.926 bits per heavy atom. The zero-order chi connectivity index (χ0) is 18.6. The van der Waals surface area contributed by atoms with E-state index in [0.29, 0.717) is 16.7 Å². The Labute approximate surface area is 172 Å². The summed E-state index contributed by atoms with van der Waals surface area (Å²) in [6.45, 7) is 0.438. The van der Waals surface area contributed by atoms with E-state index in [-0.39, 0.29) is 5.37 Å². The summed E-state index contributed by atoms with van der Waals surface area (Å²) >= 11 is 13.7. The van der Waals surface area contributed by atoms with Gasteiger partial charge in [-0.1, -0.05) is 83.5 Å². The summed E-state index contributed by atoms with van der Waals surface area (Å²) in [5.41, 5.74) is 6.44. The maximum absolute atomic E-state index is 6.04. The summed E-state index contributed by atoms with van der Waals surface area (Å²) in [6, 6.07) is 23.7. The van der Waals surface area contributed by atoms with E-state index in [9.17, 15) is 0 Å². The molecule has 0 fully saturated rings. The van der Waals surface area contributed by atoms with Crippen LogP contribution in [0.25, 0.3) is 0 Å². The first-order valence-electron chi connectivity index (χ1n) is 8.41. The largest absolute Gasteiger partial charge is 0.489 e. The zero-order valence-electron chi connectivity index (χ0n) is 14.2. The van der Waals surface area contributed by atoms with E-state index in [1.165, 1.54) is 0 Å². The number of hydrogen-bond acceptors (Lipinski definition) is 4. The molecule has 1 heterocycles. The standard InChI is InChI=1S/C21H16Cl2N2OS/c22-18-11-6-14(12-19(18)23)13-26-17-9-7-16(8-10-17)21-25-24-20(27-21)15-4-2-1-3-5-15/h1-12,21,25H,13H2/t21-/m0/s1. The average molecular weight is 415 g/mol. The third-order valence-electron chi connectivity index (χ3n) is 4.11. The summed E-state index contributed by atoms with van der Waals surface area (Å²) in [4.78, 5) is 0. The van der Waals surface area contributed by atoms with Crippen LogP contribution >= 0.6 is 35.0 Å². The minimum Gasteiger partial charge on any atom is -0.489 e. The van der Waals surface area contributed by atoms with E-state index in [4.69, 9.17) is 27.9 Å². The Morgan fingerprint density at radius 2 is 1.70 bits per heavy atom. The van der Waals surface area contributed by atoms with Gasteiger partial charge in [-0.3, -0.25) is 5.43 Å². The van der Waals surface area contributed by atoms with Crippen LogP contribution in [0, 0.1) is 0 Å². The molecule has 0 saturated heterocycles. The molecule has 0 bridgehead atoms. The molecule has 1 N–H and O–H groups in total. The molecule has 0 radical (unpaired) electrons. The summed E-state index contributed by atoms with van der Waals surface area (Å²) in [7, 11) is 0. The van der Waals surface area contributed by atoms with Crippen molar-refractivity contribution < 1.29 is 4.74 Å². The number of thioether (sulfide) groups is 1. The van der Waals surface area contributed by atoms with Crippen molar-refractivity contribution in [2.45, 2.75) is 12.0 Å². The Hall–Kier alpha value is -2.14. The molecule has 0 aliphatic carbocycles. The molecule has 0 amide bonds. The van der Waals surface area contributed by atoms with Crippen LogP contribution < -0.4 is 10.2 Å². The lowest BCUT2D eigenvalue weighted by Gasteiger charge is -2.11. The number of halogens is 2. The maximum Gasteiger partial charge on any atom is 0.126 e. The fraction of sp³-hybridized carbons (Fsp3) is 0.0952. The number of hydrazone groups is 1. The highest BCUT2D eigenvalue weighted by molar-refractivity contribution is 8.14. The van der Waals surface area contributed by atoms with Gasteiger partial charge in [-0.25, -0.2) is 0 Å². The van der Waals surface area contributed by atoms with E-state index in [0.717, 1.165) is 27.5 Å². The van der Waals surface area contributed by atoms with Crippen LogP contribution in [0.15, 0.2) is 77.9 Å². The van der Waals surface area contributed by atoms with Crippen LogP contribution in [0.1, 0.15) is 22.1 Å². The second kappa shape index (κ2) is 8.26. The van der Waals surface area contributed by atoms with Crippen molar-refractivity contribution >= 4 is 40.0 Å². The predicted octanol–water partition coefficient (Wildman–Crippen LogP) is 6.27. The van der Waals surface area contributed by atoms with Gasteiger partial charge in [0.15, 0.2) is 0 Å². The van der Waals surface area contributed by atoms with E-state index < -0.39 is 0 Å². The lowest BCUT2D eigenvalue weighted by atomic mass is 10.2. The van der Waals surface area contributed by atoms with E-state index in [2.05, 4.69) is 34.8 Å². The average Bonchev–Trinajstić information content (AvgIpc) is 3.20. The van der Waals surface area contributed by atoms with Crippen molar-refractivity contribution in [3.8, 4) is 5.75 Å². The second-order valence-corrected chi connectivity index (χ2v) is 7.92. The van der Waals surface area contributed by atoms with Gasteiger partial charge in [-0.2, -0.15) is 5.10 Å². The van der Waals surface area contributed by atoms with Crippen LogP contribution in [0.5, 0.6) is 5.75 Å². The van der Waals surface area contributed by atoms with Crippen molar-refractivity contribution in [3.63, 3.8) is 0 Å². The third kappa shape index (κ3) is 4.41. The van der Waals surface area contributed by atoms with Gasteiger partial charge >= 0.3 is 0 Å². The molecule has 1 aliphatic heterocycles. The Bertz CT molecular complexity index is 962. The highest BCUT2D eigenvalue weighted by Gasteiger charge is 2.21. The van der Waals surface area contributed by atoms with Crippen LogP contribution in [0.3, 0.4) is 0 Å². The second-order valence-electron chi connectivity index (χ2n) is 6.02. The molecule has 6 heteroatoms. The van der Waals surface area contributed by atoms with Gasteiger partial charge in [-0.15, -0.1) is 0 Å². The highest BCUT2D eigenvalue weighted by atomic mass is 35.5. The molecule has 3 aromatic rings. The molecular formula is C21H16Cl2N2OS. The molecule has 3 aromatic carbocycles. The topological polar surface area (TPSA) is 33.6 Å². The minimum atomic E-state index is 0.101. The molecule has 1 aliphatic rings. The first-order chi connectivity index (χ1) is 13.2. The van der Waals surface area contributed by atoms with Crippen molar-refractivity contribution in [2.24, 2.45) is 5.10 Å².